The normalized spacial score (nSPS) is 10.9. The van der Waals surface area contributed by atoms with Crippen molar-refractivity contribution >= 4 is 39.5 Å². The molecule has 1 N–H and O–H groups in total. The summed E-state index contributed by atoms with van der Waals surface area (Å²) in [6.45, 7) is 0. The quantitative estimate of drug-likeness (QED) is 0.348. The second-order valence-electron chi connectivity index (χ2n) is 6.43. The minimum atomic E-state index is -0.371. The lowest BCUT2D eigenvalue weighted by atomic mass is 10.0. The average molecular weight is 430 g/mol. The molecule has 0 saturated heterocycles. The van der Waals surface area contributed by atoms with Gasteiger partial charge in [0.15, 0.2) is 5.78 Å². The van der Waals surface area contributed by atoms with Crippen molar-refractivity contribution in [1.29, 1.82) is 0 Å². The molecule has 6 nitrogen and oxygen atoms in total. The molecular formula is C23H15FN4O2S. The molecular weight excluding hydrogens is 415 g/mol. The third kappa shape index (κ3) is 5.12. The van der Waals surface area contributed by atoms with Crippen LogP contribution in [0.2, 0.25) is 0 Å². The molecule has 1 aromatic heterocycles. The second-order valence-corrected chi connectivity index (χ2v) is 7.38. The fraction of sp³-hybridized carbons (Fsp3) is 0. The number of hydrogen-bond acceptors (Lipinski definition) is 6. The van der Waals surface area contributed by atoms with Gasteiger partial charge in [-0.15, -0.1) is 10.2 Å². The van der Waals surface area contributed by atoms with Crippen molar-refractivity contribution in [3.8, 4) is 0 Å². The lowest BCUT2D eigenvalue weighted by Gasteiger charge is -2.04. The first-order chi connectivity index (χ1) is 15.1. The van der Waals surface area contributed by atoms with Crippen molar-refractivity contribution in [2.24, 2.45) is 4.99 Å². The maximum absolute atomic E-state index is 12.9. The zero-order valence-electron chi connectivity index (χ0n) is 16.0. The minimum absolute atomic E-state index is 0.111. The van der Waals surface area contributed by atoms with Gasteiger partial charge < -0.3 is 0 Å². The summed E-state index contributed by atoms with van der Waals surface area (Å²) < 4.78 is 12.9. The van der Waals surface area contributed by atoms with Crippen molar-refractivity contribution in [2.45, 2.75) is 0 Å². The standard InChI is InChI=1S/C23H15FN4O2S/c24-19-12-6-15(7-13-19)14-25-22-27-28-23(31-22)26-21(30)18-10-8-17(9-11-18)20(29)16-4-2-1-3-5-16/h1-14H,(H,26,28,30). The number of halogens is 1. The largest absolute Gasteiger partial charge is 0.296 e. The van der Waals surface area contributed by atoms with E-state index >= 15 is 0 Å². The minimum Gasteiger partial charge on any atom is -0.296 e. The zero-order chi connectivity index (χ0) is 21.6. The van der Waals surface area contributed by atoms with Crippen LogP contribution < -0.4 is 5.32 Å². The number of amides is 1. The molecule has 4 rings (SSSR count). The van der Waals surface area contributed by atoms with E-state index in [0.29, 0.717) is 32.5 Å². The molecule has 0 aliphatic carbocycles. The lowest BCUT2D eigenvalue weighted by Crippen LogP contribution is -2.12. The van der Waals surface area contributed by atoms with Crippen molar-refractivity contribution in [3.05, 3.63) is 107 Å². The van der Waals surface area contributed by atoms with Crippen LogP contribution in [0.1, 0.15) is 31.8 Å². The molecule has 31 heavy (non-hydrogen) atoms. The van der Waals surface area contributed by atoms with Crippen LogP contribution in [-0.2, 0) is 0 Å². The fourth-order valence-electron chi connectivity index (χ4n) is 2.70. The highest BCUT2D eigenvalue weighted by Crippen LogP contribution is 2.23. The zero-order valence-corrected chi connectivity index (χ0v) is 16.8. The molecule has 1 amide bonds. The van der Waals surface area contributed by atoms with Gasteiger partial charge in [-0.2, -0.15) is 0 Å². The summed E-state index contributed by atoms with van der Waals surface area (Å²) in [6, 6.07) is 21.2. The van der Waals surface area contributed by atoms with Crippen LogP contribution in [0.5, 0.6) is 0 Å². The summed E-state index contributed by atoms with van der Waals surface area (Å²) in [5, 5.41) is 11.1. The van der Waals surface area contributed by atoms with Gasteiger partial charge in [0.05, 0.1) is 0 Å². The van der Waals surface area contributed by atoms with Crippen LogP contribution in [0.15, 0.2) is 83.9 Å². The molecule has 0 atom stereocenters. The number of ketones is 1. The predicted molar refractivity (Wildman–Crippen MR) is 118 cm³/mol. The topological polar surface area (TPSA) is 84.3 Å². The van der Waals surface area contributed by atoms with E-state index in [-0.39, 0.29) is 17.5 Å². The van der Waals surface area contributed by atoms with Gasteiger partial charge >= 0.3 is 0 Å². The molecule has 4 aromatic rings. The van der Waals surface area contributed by atoms with Crippen LogP contribution in [0.4, 0.5) is 14.7 Å². The van der Waals surface area contributed by atoms with E-state index in [2.05, 4.69) is 20.5 Å². The Bertz CT molecular complexity index is 1240. The van der Waals surface area contributed by atoms with Crippen LogP contribution in [0.3, 0.4) is 0 Å². The van der Waals surface area contributed by atoms with Gasteiger partial charge in [0.1, 0.15) is 5.82 Å². The maximum atomic E-state index is 12.9. The Morgan fingerprint density at radius 3 is 2.19 bits per heavy atom. The number of carbonyl (C=O) groups is 2. The molecule has 0 unspecified atom stereocenters. The average Bonchev–Trinajstić information content (AvgIpc) is 3.26. The first kappa shape index (κ1) is 20.2. The van der Waals surface area contributed by atoms with E-state index in [1.807, 2.05) is 6.07 Å². The van der Waals surface area contributed by atoms with Gasteiger partial charge in [-0.05, 0) is 29.8 Å². The summed E-state index contributed by atoms with van der Waals surface area (Å²) in [7, 11) is 0. The van der Waals surface area contributed by atoms with Crippen LogP contribution >= 0.6 is 11.3 Å². The summed E-state index contributed by atoms with van der Waals surface area (Å²) in [5.41, 5.74) is 2.18. The number of nitrogens with one attached hydrogen (secondary N) is 1. The van der Waals surface area contributed by atoms with Crippen LogP contribution in [0, 0.1) is 5.82 Å². The van der Waals surface area contributed by atoms with Crippen molar-refractivity contribution in [2.75, 3.05) is 5.32 Å². The number of aromatic nitrogens is 2. The third-order valence-corrected chi connectivity index (χ3v) is 5.02. The molecule has 0 spiro atoms. The first-order valence-corrected chi connectivity index (χ1v) is 10.0. The molecule has 0 saturated carbocycles. The number of hydrogen-bond donors (Lipinski definition) is 1. The smallest absolute Gasteiger partial charge is 0.257 e. The summed E-state index contributed by atoms with van der Waals surface area (Å²) in [4.78, 5) is 29.1. The Hall–Kier alpha value is -4.04. The highest BCUT2D eigenvalue weighted by Gasteiger charge is 2.12. The van der Waals surface area contributed by atoms with Crippen LogP contribution in [-0.4, -0.2) is 28.1 Å². The van der Waals surface area contributed by atoms with Crippen molar-refractivity contribution < 1.29 is 14.0 Å². The molecule has 1 heterocycles. The Balaban J connectivity index is 1.39. The molecule has 3 aromatic carbocycles. The SMILES string of the molecule is O=C(Nc1nnc(N=Cc2ccc(F)cc2)s1)c1ccc(C(=O)c2ccccc2)cc1. The van der Waals surface area contributed by atoms with Gasteiger partial charge in [-0.25, -0.2) is 9.38 Å². The summed E-state index contributed by atoms with van der Waals surface area (Å²) in [5.74, 6) is -0.806. The number of nitrogens with zero attached hydrogens (tertiary/aromatic N) is 3. The van der Waals surface area contributed by atoms with Crippen molar-refractivity contribution in [3.63, 3.8) is 0 Å². The molecule has 0 radical (unpaired) electrons. The van der Waals surface area contributed by atoms with Crippen molar-refractivity contribution in [1.82, 2.24) is 10.2 Å². The van der Waals surface area contributed by atoms with E-state index < -0.39 is 0 Å². The van der Waals surface area contributed by atoms with E-state index in [4.69, 9.17) is 0 Å². The lowest BCUT2D eigenvalue weighted by molar-refractivity contribution is 0.102. The number of carbonyl (C=O) groups excluding carboxylic acids is 2. The Morgan fingerprint density at radius 1 is 0.839 bits per heavy atom. The Morgan fingerprint density at radius 2 is 1.48 bits per heavy atom. The highest BCUT2D eigenvalue weighted by molar-refractivity contribution is 7.18. The number of benzene rings is 3. The number of aliphatic imine (C=N–C) groups is 1. The highest BCUT2D eigenvalue weighted by atomic mass is 32.1. The first-order valence-electron chi connectivity index (χ1n) is 9.23. The number of rotatable bonds is 6. The Kier molecular flexibility index (Phi) is 6.00. The molecule has 0 fully saturated rings. The predicted octanol–water partition coefficient (Wildman–Crippen LogP) is 4.91. The summed E-state index contributed by atoms with van der Waals surface area (Å²) >= 11 is 1.10. The summed E-state index contributed by atoms with van der Waals surface area (Å²) in [6.07, 6.45) is 1.54. The van der Waals surface area contributed by atoms with E-state index in [1.165, 1.54) is 18.3 Å². The molecule has 0 aliphatic rings. The van der Waals surface area contributed by atoms with E-state index in [9.17, 15) is 14.0 Å². The van der Waals surface area contributed by atoms with Gasteiger partial charge in [0.25, 0.3) is 5.91 Å². The molecule has 152 valence electrons. The maximum Gasteiger partial charge on any atom is 0.257 e. The third-order valence-electron chi connectivity index (χ3n) is 4.27. The molecule has 8 heteroatoms. The number of anilines is 1. The monoisotopic (exact) mass is 430 g/mol. The van der Waals surface area contributed by atoms with Gasteiger partial charge in [0, 0.05) is 22.9 Å². The fourth-order valence-corrected chi connectivity index (χ4v) is 3.28. The van der Waals surface area contributed by atoms with E-state index in [0.717, 1.165) is 11.3 Å². The molecule has 0 aliphatic heterocycles. The second kappa shape index (κ2) is 9.19. The Labute approximate surface area is 181 Å². The van der Waals surface area contributed by atoms with Crippen LogP contribution in [0.25, 0.3) is 0 Å². The van der Waals surface area contributed by atoms with E-state index in [1.54, 1.807) is 60.7 Å². The van der Waals surface area contributed by atoms with Gasteiger partial charge in [-0.3, -0.25) is 14.9 Å². The van der Waals surface area contributed by atoms with Gasteiger partial charge in [0.2, 0.25) is 10.3 Å². The molecule has 0 bridgehead atoms. The van der Waals surface area contributed by atoms with Gasteiger partial charge in [-0.1, -0.05) is 65.9 Å².